The first kappa shape index (κ1) is 58.5. The molecule has 0 unspecified atom stereocenters. The molecule has 4 aromatic carbocycles. The van der Waals surface area contributed by atoms with Gasteiger partial charge in [0.2, 0.25) is 0 Å². The van der Waals surface area contributed by atoms with Gasteiger partial charge in [0.1, 0.15) is 38.5 Å². The lowest BCUT2D eigenvalue weighted by Gasteiger charge is -2.55. The first-order valence-corrected chi connectivity index (χ1v) is 29.2. The van der Waals surface area contributed by atoms with Gasteiger partial charge in [0, 0.05) is 103 Å². The molecule has 19 heteroatoms. The number of esters is 2. The molecule has 2 aliphatic heterocycles. The summed E-state index contributed by atoms with van der Waals surface area (Å²) >= 11 is 0. The van der Waals surface area contributed by atoms with Crippen LogP contribution in [-0.4, -0.2) is 120 Å². The summed E-state index contributed by atoms with van der Waals surface area (Å²) < 4.78 is 65.7. The van der Waals surface area contributed by atoms with Crippen LogP contribution in [0.1, 0.15) is 85.5 Å². The number of rotatable bonds is 14. The molecule has 16 nitrogen and oxygen atoms in total. The zero-order valence-corrected chi connectivity index (χ0v) is 45.5. The van der Waals surface area contributed by atoms with Gasteiger partial charge in [-0.25, -0.2) is 8.42 Å². The van der Waals surface area contributed by atoms with Crippen molar-refractivity contribution in [2.75, 3.05) is 51.2 Å². The molecule has 0 radical (unpaired) electrons. The van der Waals surface area contributed by atoms with Gasteiger partial charge in [0.25, 0.3) is 19.2 Å². The molecule has 10 atom stereocenters. The molecule has 3 N–H and O–H groups in total. The van der Waals surface area contributed by atoms with Crippen molar-refractivity contribution in [2.24, 2.45) is 34.5 Å². The summed E-state index contributed by atoms with van der Waals surface area (Å²) in [5, 5.41) is 34.1. The molecule has 4 aliphatic carbocycles. The number of hydrogen-bond acceptors (Lipinski definition) is 16. The van der Waals surface area contributed by atoms with E-state index in [0.717, 1.165) is 60.7 Å². The standard InChI is InChI=1S/C28H33NO7S.C16H22O5.C12H12ClNO2S.CH4/c1-27-21(23(30)17-28(27,26(32)36-27)25(31)18-9-5-4-6-10-18)15-16-35-37(33,34)24-14-8-11-19-20(24)12-7-13-22(19)29(2)3;1-15-11(7-8-17)12(18)9-16(15,14(20)21-15)13(19)10-5-3-2-4-6-10;1-14(2)11-7-3-6-10-9(11)5-4-8-12(10)17(13,15)16;/h5,7-9,11-14,18,21,25,31H,4,6,10,15-17H2,1-3H3;3,5,10-11,13,17,19H,2,4,6-9H2,1H3;3-8H,1-2H3;1H4/t18-,21+,25+,27+,28-;10-,11+,13+,15+,16-;;/m11../s1. The van der Waals surface area contributed by atoms with Crippen LogP contribution in [0, 0.1) is 34.5 Å². The fourth-order valence-electron chi connectivity index (χ4n) is 12.8. The van der Waals surface area contributed by atoms with Crippen LogP contribution in [-0.2, 0) is 52.0 Å². The summed E-state index contributed by atoms with van der Waals surface area (Å²) in [7, 11) is 5.19. The van der Waals surface area contributed by atoms with Gasteiger partial charge in [0.05, 0.1) is 35.5 Å². The number of benzene rings is 4. The van der Waals surface area contributed by atoms with E-state index in [4.69, 9.17) is 29.4 Å². The Morgan fingerprint density at radius 2 is 1.05 bits per heavy atom. The molecule has 2 saturated carbocycles. The Balaban J connectivity index is 0.000000182. The first-order valence-electron chi connectivity index (χ1n) is 25.5. The lowest BCUT2D eigenvalue weighted by Crippen LogP contribution is -2.70. The highest BCUT2D eigenvalue weighted by Gasteiger charge is 2.80. The Morgan fingerprint density at radius 3 is 1.45 bits per heavy atom. The van der Waals surface area contributed by atoms with Gasteiger partial charge >= 0.3 is 11.9 Å². The van der Waals surface area contributed by atoms with E-state index < -0.39 is 77.2 Å². The summed E-state index contributed by atoms with van der Waals surface area (Å²) in [5.74, 6) is -2.92. The van der Waals surface area contributed by atoms with Gasteiger partial charge in [-0.1, -0.05) is 80.3 Å². The minimum atomic E-state index is -4.13. The molecule has 0 aromatic heterocycles. The average Bonchev–Trinajstić information content (AvgIpc) is 3.67. The summed E-state index contributed by atoms with van der Waals surface area (Å²) in [6.45, 7) is 3.04. The Kier molecular flexibility index (Phi) is 17.1. The maximum atomic E-state index is 13.2. The summed E-state index contributed by atoms with van der Waals surface area (Å²) in [4.78, 5) is 54.4. The van der Waals surface area contributed by atoms with Crippen LogP contribution >= 0.6 is 10.7 Å². The molecule has 6 aliphatic rings. The van der Waals surface area contributed by atoms with Crippen molar-refractivity contribution in [1.82, 2.24) is 0 Å². The Bertz CT molecular complexity index is 3180. The van der Waals surface area contributed by atoms with E-state index in [1.807, 2.05) is 92.6 Å². The van der Waals surface area contributed by atoms with Gasteiger partial charge in [-0.05, 0) is 89.5 Å². The molecule has 4 aromatic rings. The van der Waals surface area contributed by atoms with Crippen molar-refractivity contribution >= 4 is 86.3 Å². The van der Waals surface area contributed by atoms with E-state index in [-0.39, 0.29) is 79.5 Å². The SMILES string of the molecule is C.CN(C)c1cccc2c(S(=O)(=O)Cl)cccc12.CN(C)c1cccc2c(S(=O)(=O)OCC[C@H]3C(=O)C[C@@]4([C@@H](O)[C@@H]5C=CCCC5)C(=O)O[C@@]34C)cccc12.C[C@@]12OC(=O)[C@]1([C@@H](O)[C@@H]1C=CCCC1)CC(=O)[C@@H]2CCO. The number of nitrogens with zero attached hydrogens (tertiary/aromatic N) is 2. The van der Waals surface area contributed by atoms with Crippen molar-refractivity contribution in [3.8, 4) is 0 Å². The molecular weight excluding hydrogens is 1040 g/mol. The number of Topliss-reactive ketones (excluding diaryl/α,β-unsaturated/α-hetero) is 2. The maximum absolute atomic E-state index is 13.2. The number of allylic oxidation sites excluding steroid dienone is 2. The quantitative estimate of drug-likeness (QED) is 0.0469. The fourth-order valence-corrected chi connectivity index (χ4v) is 15.0. The predicted molar refractivity (Wildman–Crippen MR) is 291 cm³/mol. The van der Waals surface area contributed by atoms with Gasteiger partial charge in [-0.2, -0.15) is 8.42 Å². The zero-order valence-electron chi connectivity index (χ0n) is 43.1. The van der Waals surface area contributed by atoms with E-state index in [0.29, 0.717) is 10.8 Å². The highest BCUT2D eigenvalue weighted by atomic mass is 35.7. The third-order valence-electron chi connectivity index (χ3n) is 16.8. The second-order valence-corrected chi connectivity index (χ2v) is 25.4. The van der Waals surface area contributed by atoms with Crippen molar-refractivity contribution in [3.63, 3.8) is 0 Å². The number of aliphatic hydroxyl groups is 3. The van der Waals surface area contributed by atoms with Crippen LogP contribution in [0.5, 0.6) is 0 Å². The average molecular weight is 1110 g/mol. The minimum absolute atomic E-state index is 0. The summed E-state index contributed by atoms with van der Waals surface area (Å²) in [6.07, 6.45) is 11.6. The fraction of sp³-hybridized carbons (Fsp3) is 0.509. The minimum Gasteiger partial charge on any atom is -0.457 e. The number of aliphatic hydroxyl groups excluding tert-OH is 3. The van der Waals surface area contributed by atoms with Crippen molar-refractivity contribution in [2.45, 2.75) is 119 Å². The van der Waals surface area contributed by atoms with Crippen LogP contribution in [0.25, 0.3) is 21.5 Å². The van der Waals surface area contributed by atoms with Crippen molar-refractivity contribution in [3.05, 3.63) is 97.1 Å². The van der Waals surface area contributed by atoms with E-state index in [1.54, 1.807) is 44.2 Å². The lowest BCUT2D eigenvalue weighted by molar-refractivity contribution is -0.264. The molecule has 0 bridgehead atoms. The van der Waals surface area contributed by atoms with E-state index >= 15 is 0 Å². The number of fused-ring (bicyclic) bond motifs is 4. The maximum Gasteiger partial charge on any atom is 0.319 e. The molecule has 2 heterocycles. The number of hydrogen-bond donors (Lipinski definition) is 3. The van der Waals surface area contributed by atoms with Gasteiger partial charge in [0.15, 0.2) is 0 Å². The molecule has 10 rings (SSSR count). The molecule has 0 spiro atoms. The predicted octanol–water partition coefficient (Wildman–Crippen LogP) is 8.06. The number of ketones is 2. The largest absolute Gasteiger partial charge is 0.457 e. The van der Waals surface area contributed by atoms with Crippen LogP contribution in [0.2, 0.25) is 0 Å². The Labute approximate surface area is 450 Å². The highest BCUT2D eigenvalue weighted by Crippen LogP contribution is 2.64. The summed E-state index contributed by atoms with van der Waals surface area (Å²) in [5.41, 5.74) is -2.76. The van der Waals surface area contributed by atoms with Gasteiger partial charge in [-0.15, -0.1) is 0 Å². The van der Waals surface area contributed by atoms with E-state index in [1.165, 1.54) is 12.1 Å². The van der Waals surface area contributed by atoms with E-state index in [9.17, 15) is 46.2 Å². The number of carbonyl (C=O) groups excluding carboxylic acids is 4. The van der Waals surface area contributed by atoms with Crippen LogP contribution in [0.15, 0.2) is 107 Å². The van der Waals surface area contributed by atoms with Crippen molar-refractivity contribution < 1.29 is 65.0 Å². The van der Waals surface area contributed by atoms with Gasteiger partial charge < -0.3 is 34.6 Å². The van der Waals surface area contributed by atoms with Crippen molar-refractivity contribution in [1.29, 1.82) is 0 Å². The first-order chi connectivity index (χ1) is 35.4. The van der Waals surface area contributed by atoms with Crippen LogP contribution < -0.4 is 9.80 Å². The topological polar surface area (TPSA) is 231 Å². The third kappa shape index (κ3) is 9.89. The molecular formula is C57H71ClN2O14S2. The second kappa shape index (κ2) is 22.3. The van der Waals surface area contributed by atoms with Gasteiger partial charge in [-0.3, -0.25) is 23.4 Å². The summed E-state index contributed by atoms with van der Waals surface area (Å²) in [6, 6.07) is 21.1. The zero-order chi connectivity index (χ0) is 54.5. The Hall–Kier alpha value is -5.21. The normalized spacial score (nSPS) is 29.2. The molecule has 76 heavy (non-hydrogen) atoms. The number of ether oxygens (including phenoxy) is 2. The third-order valence-corrected chi connectivity index (χ3v) is 19.6. The number of anilines is 2. The number of carbonyl (C=O) groups is 4. The molecule has 4 fully saturated rings. The highest BCUT2D eigenvalue weighted by molar-refractivity contribution is 8.14. The monoisotopic (exact) mass is 1110 g/mol. The second-order valence-electron chi connectivity index (χ2n) is 21.3. The Morgan fingerprint density at radius 1 is 0.645 bits per heavy atom. The smallest absolute Gasteiger partial charge is 0.319 e. The molecule has 412 valence electrons. The van der Waals surface area contributed by atoms with Crippen LogP contribution in [0.3, 0.4) is 0 Å². The van der Waals surface area contributed by atoms with E-state index in [2.05, 4.69) is 0 Å². The molecule has 2 saturated heterocycles. The van der Waals surface area contributed by atoms with Crippen LogP contribution in [0.4, 0.5) is 11.4 Å². The number of halogens is 1. The lowest BCUT2D eigenvalue weighted by atomic mass is 9.60. The molecule has 0 amide bonds.